The van der Waals surface area contributed by atoms with Crippen molar-refractivity contribution in [2.24, 2.45) is 0 Å². The van der Waals surface area contributed by atoms with E-state index in [0.717, 1.165) is 24.1 Å². The van der Waals surface area contributed by atoms with Crippen LogP contribution in [0.15, 0.2) is 6.07 Å². The maximum absolute atomic E-state index is 12.6. The average Bonchev–Trinajstić information content (AvgIpc) is 2.90. The maximum atomic E-state index is 12.6. The first-order chi connectivity index (χ1) is 10.1. The van der Waals surface area contributed by atoms with E-state index in [0.29, 0.717) is 26.2 Å². The Hall–Kier alpha value is -1.36. The molecule has 2 amide bonds. The highest BCUT2D eigenvalue weighted by molar-refractivity contribution is 7.14. The van der Waals surface area contributed by atoms with Gasteiger partial charge in [0.05, 0.1) is 4.88 Å². The first kappa shape index (κ1) is 16.0. The van der Waals surface area contributed by atoms with Crippen molar-refractivity contribution in [2.75, 3.05) is 26.2 Å². The summed E-state index contributed by atoms with van der Waals surface area (Å²) in [5.74, 6) is 0.219. The largest absolute Gasteiger partial charge is 0.339 e. The minimum absolute atomic E-state index is 0.0942. The van der Waals surface area contributed by atoms with Gasteiger partial charge in [0.25, 0.3) is 5.91 Å². The number of hydrogen-bond acceptors (Lipinski definition) is 3. The van der Waals surface area contributed by atoms with Gasteiger partial charge < -0.3 is 9.80 Å². The summed E-state index contributed by atoms with van der Waals surface area (Å²) in [4.78, 5) is 29.8. The highest BCUT2D eigenvalue weighted by atomic mass is 32.1. The van der Waals surface area contributed by atoms with Crippen molar-refractivity contribution in [1.82, 2.24) is 9.80 Å². The Morgan fingerprint density at radius 1 is 1.14 bits per heavy atom. The number of thiophene rings is 1. The van der Waals surface area contributed by atoms with Crippen LogP contribution in [0.5, 0.6) is 0 Å². The van der Waals surface area contributed by atoms with Crippen LogP contribution in [0.25, 0.3) is 0 Å². The summed E-state index contributed by atoms with van der Waals surface area (Å²) in [6.07, 6.45) is 3.15. The third-order valence-electron chi connectivity index (χ3n) is 3.98. The highest BCUT2D eigenvalue weighted by Crippen LogP contribution is 2.26. The van der Waals surface area contributed by atoms with Gasteiger partial charge in [-0.05, 0) is 24.5 Å². The van der Waals surface area contributed by atoms with E-state index >= 15 is 0 Å². The van der Waals surface area contributed by atoms with E-state index < -0.39 is 0 Å². The predicted molar refractivity (Wildman–Crippen MR) is 85.8 cm³/mol. The van der Waals surface area contributed by atoms with Crippen LogP contribution in [-0.4, -0.2) is 47.8 Å². The number of aryl methyl sites for hydroxylation is 2. The molecule has 21 heavy (non-hydrogen) atoms. The van der Waals surface area contributed by atoms with Crippen molar-refractivity contribution in [1.29, 1.82) is 0 Å². The van der Waals surface area contributed by atoms with Crippen LogP contribution in [0.1, 0.15) is 47.3 Å². The lowest BCUT2D eigenvalue weighted by atomic mass is 10.1. The minimum Gasteiger partial charge on any atom is -0.339 e. The number of piperazine rings is 1. The van der Waals surface area contributed by atoms with E-state index in [1.165, 1.54) is 10.4 Å². The lowest BCUT2D eigenvalue weighted by Crippen LogP contribution is -2.49. The van der Waals surface area contributed by atoms with Crippen molar-refractivity contribution in [2.45, 2.75) is 40.0 Å². The molecule has 116 valence electrons. The third-order valence-corrected chi connectivity index (χ3v) is 5.20. The van der Waals surface area contributed by atoms with E-state index in [4.69, 9.17) is 0 Å². The first-order valence-electron chi connectivity index (χ1n) is 7.73. The van der Waals surface area contributed by atoms with Crippen LogP contribution < -0.4 is 0 Å². The summed E-state index contributed by atoms with van der Waals surface area (Å²) < 4.78 is 0. The number of nitrogens with zero attached hydrogens (tertiary/aromatic N) is 2. The predicted octanol–water partition coefficient (Wildman–Crippen LogP) is 2.57. The van der Waals surface area contributed by atoms with Gasteiger partial charge in [-0.3, -0.25) is 9.59 Å². The molecule has 1 fully saturated rings. The SMILES string of the molecule is CCCc1sc(C(=O)N2CCN(C(C)=O)CC2)cc1CC. The summed E-state index contributed by atoms with van der Waals surface area (Å²) in [5.41, 5.74) is 1.31. The van der Waals surface area contributed by atoms with Gasteiger partial charge in [-0.15, -0.1) is 11.3 Å². The van der Waals surface area contributed by atoms with Gasteiger partial charge in [0, 0.05) is 38.0 Å². The second-order valence-corrected chi connectivity index (χ2v) is 6.60. The fourth-order valence-corrected chi connectivity index (χ4v) is 4.01. The van der Waals surface area contributed by atoms with Crippen LogP contribution in [0.4, 0.5) is 0 Å². The fourth-order valence-electron chi connectivity index (χ4n) is 2.69. The summed E-state index contributed by atoms with van der Waals surface area (Å²) in [6, 6.07) is 2.06. The molecule has 0 spiro atoms. The molecule has 1 aliphatic rings. The lowest BCUT2D eigenvalue weighted by Gasteiger charge is -2.33. The molecule has 0 radical (unpaired) electrons. The fraction of sp³-hybridized carbons (Fsp3) is 0.625. The topological polar surface area (TPSA) is 40.6 Å². The van der Waals surface area contributed by atoms with E-state index in [-0.39, 0.29) is 11.8 Å². The van der Waals surface area contributed by atoms with Gasteiger partial charge >= 0.3 is 0 Å². The Balaban J connectivity index is 2.05. The quantitative estimate of drug-likeness (QED) is 0.858. The zero-order chi connectivity index (χ0) is 15.4. The smallest absolute Gasteiger partial charge is 0.264 e. The molecule has 1 saturated heterocycles. The van der Waals surface area contributed by atoms with Crippen LogP contribution in [0, 0.1) is 0 Å². The molecule has 0 aliphatic carbocycles. The maximum Gasteiger partial charge on any atom is 0.264 e. The van der Waals surface area contributed by atoms with Gasteiger partial charge in [0.2, 0.25) is 5.91 Å². The van der Waals surface area contributed by atoms with Crippen molar-refractivity contribution in [3.63, 3.8) is 0 Å². The Kier molecular flexibility index (Phi) is 5.39. The number of carbonyl (C=O) groups excluding carboxylic acids is 2. The normalized spacial score (nSPS) is 15.4. The Morgan fingerprint density at radius 2 is 1.76 bits per heavy atom. The summed E-state index contributed by atoms with van der Waals surface area (Å²) in [7, 11) is 0. The monoisotopic (exact) mass is 308 g/mol. The second-order valence-electron chi connectivity index (χ2n) is 5.46. The van der Waals surface area contributed by atoms with Crippen LogP contribution in [0.3, 0.4) is 0 Å². The Morgan fingerprint density at radius 3 is 2.29 bits per heavy atom. The summed E-state index contributed by atoms with van der Waals surface area (Å²) >= 11 is 1.65. The molecule has 0 atom stereocenters. The van der Waals surface area contributed by atoms with Gasteiger partial charge in [-0.25, -0.2) is 0 Å². The van der Waals surface area contributed by atoms with Crippen LogP contribution >= 0.6 is 11.3 Å². The van der Waals surface area contributed by atoms with Crippen molar-refractivity contribution < 1.29 is 9.59 Å². The minimum atomic E-state index is 0.0942. The molecule has 0 aromatic carbocycles. The zero-order valence-electron chi connectivity index (χ0n) is 13.1. The molecule has 0 unspecified atom stereocenters. The van der Waals surface area contributed by atoms with Crippen LogP contribution in [0.2, 0.25) is 0 Å². The first-order valence-corrected chi connectivity index (χ1v) is 8.54. The van der Waals surface area contributed by atoms with E-state index in [1.807, 2.05) is 4.90 Å². The molecule has 0 bridgehead atoms. The van der Waals surface area contributed by atoms with Crippen molar-refractivity contribution in [3.05, 3.63) is 21.4 Å². The van der Waals surface area contributed by atoms with Crippen LogP contribution in [-0.2, 0) is 17.6 Å². The van der Waals surface area contributed by atoms with Crippen molar-refractivity contribution >= 4 is 23.2 Å². The molecule has 0 saturated carbocycles. The lowest BCUT2D eigenvalue weighted by molar-refractivity contribution is -0.130. The van der Waals surface area contributed by atoms with Crippen molar-refractivity contribution in [3.8, 4) is 0 Å². The van der Waals surface area contributed by atoms with E-state index in [1.54, 1.807) is 23.2 Å². The van der Waals surface area contributed by atoms with E-state index in [2.05, 4.69) is 19.9 Å². The Labute approximate surface area is 130 Å². The number of rotatable bonds is 4. The molecule has 0 N–H and O–H groups in total. The zero-order valence-corrected chi connectivity index (χ0v) is 14.0. The average molecular weight is 308 g/mol. The molecule has 5 heteroatoms. The molecule has 1 aromatic heterocycles. The molecule has 2 heterocycles. The number of carbonyl (C=O) groups is 2. The van der Waals surface area contributed by atoms with Gasteiger partial charge in [-0.2, -0.15) is 0 Å². The van der Waals surface area contributed by atoms with Gasteiger partial charge in [0.1, 0.15) is 0 Å². The van der Waals surface area contributed by atoms with Gasteiger partial charge in [-0.1, -0.05) is 20.3 Å². The molecule has 1 aliphatic heterocycles. The standard InChI is InChI=1S/C16H24N2O2S/c1-4-6-14-13(5-2)11-15(21-14)16(20)18-9-7-17(8-10-18)12(3)19/h11H,4-10H2,1-3H3. The van der Waals surface area contributed by atoms with E-state index in [9.17, 15) is 9.59 Å². The summed E-state index contributed by atoms with van der Waals surface area (Å²) in [5, 5.41) is 0. The number of amides is 2. The highest BCUT2D eigenvalue weighted by Gasteiger charge is 2.24. The second kappa shape index (κ2) is 7.07. The Bertz CT molecular complexity index is 516. The molecular weight excluding hydrogens is 284 g/mol. The summed E-state index contributed by atoms with van der Waals surface area (Å²) in [6.45, 7) is 8.47. The molecule has 2 rings (SSSR count). The molecule has 1 aromatic rings. The van der Waals surface area contributed by atoms with Gasteiger partial charge in [0.15, 0.2) is 0 Å². The molecule has 4 nitrogen and oxygen atoms in total. The molecular formula is C16H24N2O2S. The number of hydrogen-bond donors (Lipinski definition) is 0. The third kappa shape index (κ3) is 3.64.